The van der Waals surface area contributed by atoms with Crippen molar-refractivity contribution in [1.82, 2.24) is 9.97 Å². The van der Waals surface area contributed by atoms with Crippen molar-refractivity contribution in [3.05, 3.63) is 105 Å². The number of allylic oxidation sites excluding steroid dienone is 2. The van der Waals surface area contributed by atoms with Crippen LogP contribution in [0.3, 0.4) is 0 Å². The molecule has 4 heteroatoms. The van der Waals surface area contributed by atoms with E-state index in [1.165, 1.54) is 0 Å². The molecule has 4 nitrogen and oxygen atoms in total. The van der Waals surface area contributed by atoms with Gasteiger partial charge in [-0.2, -0.15) is 0 Å². The van der Waals surface area contributed by atoms with Crippen LogP contribution in [0.5, 0.6) is 0 Å². The molecule has 4 aliphatic rings. The number of Topliss-reactive ketones (excluding diaryl/α,β-unsaturated/α-hetero) is 2. The van der Waals surface area contributed by atoms with Gasteiger partial charge in [-0.25, -0.2) is 9.97 Å². The number of hydrogen-bond acceptors (Lipinski definition) is 4. The minimum Gasteiger partial charge on any atom is -0.287 e. The molecule has 0 saturated carbocycles. The highest BCUT2D eigenvalue weighted by atomic mass is 16.1. The lowest BCUT2D eigenvalue weighted by Gasteiger charge is -2.43. The summed E-state index contributed by atoms with van der Waals surface area (Å²) >= 11 is 0. The van der Waals surface area contributed by atoms with Crippen LogP contribution >= 0.6 is 0 Å². The molecule has 0 fully saturated rings. The first-order valence-corrected chi connectivity index (χ1v) is 9.44. The van der Waals surface area contributed by atoms with Crippen LogP contribution in [0.15, 0.2) is 59.7 Å². The van der Waals surface area contributed by atoms with Crippen LogP contribution in [0.1, 0.15) is 66.5 Å². The minimum absolute atomic E-state index is 0.154. The molecular weight excluding hydrogens is 348 g/mol. The highest BCUT2D eigenvalue weighted by Gasteiger charge is 2.50. The maximum Gasteiger partial charge on any atom is 0.211 e. The number of carbonyl (C=O) groups excluding carboxylic acids is 2. The summed E-state index contributed by atoms with van der Waals surface area (Å²) in [7, 11) is 0. The molecule has 0 aliphatic heterocycles. The average molecular weight is 364 g/mol. The third-order valence-electron chi connectivity index (χ3n) is 6.33. The summed E-state index contributed by atoms with van der Waals surface area (Å²) in [6.45, 7) is 3.64. The Balaban J connectivity index is 1.70. The Labute approximate surface area is 162 Å². The second kappa shape index (κ2) is 5.10. The number of rotatable bonds is 0. The molecule has 0 amide bonds. The predicted octanol–water partition coefficient (Wildman–Crippen LogP) is 4.06. The van der Waals surface area contributed by atoms with E-state index in [2.05, 4.69) is 34.2 Å². The molecule has 1 heterocycles. The number of aryl methyl sites for hydroxylation is 2. The Morgan fingerprint density at radius 1 is 0.607 bits per heavy atom. The van der Waals surface area contributed by atoms with Crippen molar-refractivity contribution in [2.24, 2.45) is 0 Å². The average Bonchev–Trinajstić information content (AvgIpc) is 2.73. The van der Waals surface area contributed by atoms with Gasteiger partial charge in [0.1, 0.15) is 11.4 Å². The van der Waals surface area contributed by atoms with E-state index >= 15 is 0 Å². The fourth-order valence-electron chi connectivity index (χ4n) is 5.02. The number of benzene rings is 2. The van der Waals surface area contributed by atoms with E-state index in [9.17, 15) is 9.59 Å². The molecule has 2 aromatic carbocycles. The van der Waals surface area contributed by atoms with Crippen LogP contribution in [0.25, 0.3) is 0 Å². The molecule has 2 bridgehead atoms. The largest absolute Gasteiger partial charge is 0.287 e. The molecule has 0 atom stereocenters. The first-order chi connectivity index (χ1) is 13.6. The lowest BCUT2D eigenvalue weighted by Crippen LogP contribution is -2.38. The standard InChI is InChI=1S/C24H16N2O2/c1-11-12(2)26-22-21(25-11)23(27)19-17-13-7-3-5-9-15(13)18(20(19)24(22)28)16-10-6-4-8-14(16)17/h3-10,17-18H,1-2H3. The number of aromatic nitrogens is 2. The Morgan fingerprint density at radius 2 is 0.929 bits per heavy atom. The van der Waals surface area contributed by atoms with E-state index in [0.29, 0.717) is 22.5 Å². The molecule has 3 aromatic rings. The summed E-state index contributed by atoms with van der Waals surface area (Å²) in [6.07, 6.45) is 0. The van der Waals surface area contributed by atoms with Gasteiger partial charge in [-0.15, -0.1) is 0 Å². The highest BCUT2D eigenvalue weighted by Crippen LogP contribution is 2.57. The second-order valence-corrected chi connectivity index (χ2v) is 7.70. The van der Waals surface area contributed by atoms with Gasteiger partial charge in [-0.05, 0) is 36.1 Å². The normalized spacial score (nSPS) is 21.2. The Hall–Kier alpha value is -3.40. The van der Waals surface area contributed by atoms with Crippen molar-refractivity contribution in [1.29, 1.82) is 0 Å². The number of carbonyl (C=O) groups is 2. The number of fused-ring (bicyclic) bond motifs is 1. The van der Waals surface area contributed by atoms with Crippen molar-refractivity contribution >= 4 is 11.6 Å². The van der Waals surface area contributed by atoms with Gasteiger partial charge in [0.05, 0.1) is 11.4 Å². The molecule has 7 rings (SSSR count). The first-order valence-electron chi connectivity index (χ1n) is 9.44. The van der Waals surface area contributed by atoms with E-state index in [-0.39, 0.29) is 34.8 Å². The SMILES string of the molecule is Cc1nc2c(nc1C)C(=O)C1=C(C2=O)C2c3ccccc3C1c1ccccc12. The molecule has 1 aromatic heterocycles. The van der Waals surface area contributed by atoms with Gasteiger partial charge in [-0.3, -0.25) is 9.59 Å². The zero-order valence-corrected chi connectivity index (χ0v) is 15.5. The molecule has 0 saturated heterocycles. The summed E-state index contributed by atoms with van der Waals surface area (Å²) in [5.74, 6) is -0.751. The van der Waals surface area contributed by atoms with E-state index in [0.717, 1.165) is 22.3 Å². The Kier molecular flexibility index (Phi) is 2.85. The van der Waals surface area contributed by atoms with Gasteiger partial charge in [0.25, 0.3) is 0 Å². The summed E-state index contributed by atoms with van der Waals surface area (Å²) in [4.78, 5) is 36.0. The van der Waals surface area contributed by atoms with Gasteiger partial charge < -0.3 is 0 Å². The van der Waals surface area contributed by atoms with Gasteiger partial charge in [-0.1, -0.05) is 48.5 Å². The molecule has 4 aliphatic carbocycles. The van der Waals surface area contributed by atoms with Crippen molar-refractivity contribution in [2.45, 2.75) is 25.7 Å². The maximum atomic E-state index is 13.6. The second-order valence-electron chi connectivity index (χ2n) is 7.70. The van der Waals surface area contributed by atoms with Crippen LogP contribution in [-0.4, -0.2) is 21.5 Å². The zero-order valence-electron chi connectivity index (χ0n) is 15.5. The van der Waals surface area contributed by atoms with Gasteiger partial charge >= 0.3 is 0 Å². The minimum atomic E-state index is -0.222. The fourth-order valence-corrected chi connectivity index (χ4v) is 5.02. The molecule has 0 N–H and O–H groups in total. The van der Waals surface area contributed by atoms with Crippen molar-refractivity contribution in [3.63, 3.8) is 0 Å². The van der Waals surface area contributed by atoms with E-state index in [1.807, 2.05) is 38.1 Å². The molecule has 0 radical (unpaired) electrons. The lowest BCUT2D eigenvalue weighted by atomic mass is 9.58. The fraction of sp³-hybridized carbons (Fsp3) is 0.167. The smallest absolute Gasteiger partial charge is 0.211 e. The van der Waals surface area contributed by atoms with Gasteiger partial charge in [0.15, 0.2) is 0 Å². The monoisotopic (exact) mass is 364 g/mol. The van der Waals surface area contributed by atoms with Crippen LogP contribution in [-0.2, 0) is 0 Å². The van der Waals surface area contributed by atoms with E-state index in [1.54, 1.807) is 0 Å². The van der Waals surface area contributed by atoms with E-state index in [4.69, 9.17) is 0 Å². The molecular formula is C24H16N2O2. The predicted molar refractivity (Wildman–Crippen MR) is 104 cm³/mol. The van der Waals surface area contributed by atoms with Crippen LogP contribution in [0.2, 0.25) is 0 Å². The summed E-state index contributed by atoms with van der Waals surface area (Å²) in [6, 6.07) is 16.3. The molecule has 0 unspecified atom stereocenters. The quantitative estimate of drug-likeness (QED) is 0.604. The van der Waals surface area contributed by atoms with Gasteiger partial charge in [0, 0.05) is 23.0 Å². The molecule has 0 spiro atoms. The van der Waals surface area contributed by atoms with Crippen LogP contribution < -0.4 is 0 Å². The molecule has 134 valence electrons. The third kappa shape index (κ3) is 1.71. The van der Waals surface area contributed by atoms with Crippen LogP contribution in [0, 0.1) is 13.8 Å². The lowest BCUT2D eigenvalue weighted by molar-refractivity contribution is 0.0955. The first kappa shape index (κ1) is 15.6. The Morgan fingerprint density at radius 3 is 1.25 bits per heavy atom. The van der Waals surface area contributed by atoms with Crippen LogP contribution in [0.4, 0.5) is 0 Å². The Bertz CT molecular complexity index is 1140. The number of hydrogen-bond donors (Lipinski definition) is 0. The van der Waals surface area contributed by atoms with Crippen molar-refractivity contribution < 1.29 is 9.59 Å². The number of ketones is 2. The summed E-state index contributed by atoms with van der Waals surface area (Å²) < 4.78 is 0. The van der Waals surface area contributed by atoms with E-state index < -0.39 is 0 Å². The summed E-state index contributed by atoms with van der Waals surface area (Å²) in [5.41, 5.74) is 7.44. The third-order valence-corrected chi connectivity index (χ3v) is 6.33. The zero-order chi connectivity index (χ0) is 19.2. The molecule has 28 heavy (non-hydrogen) atoms. The van der Waals surface area contributed by atoms with Crippen molar-refractivity contribution in [2.75, 3.05) is 0 Å². The van der Waals surface area contributed by atoms with Crippen molar-refractivity contribution in [3.8, 4) is 0 Å². The summed E-state index contributed by atoms with van der Waals surface area (Å²) in [5, 5.41) is 0. The number of nitrogens with zero attached hydrogens (tertiary/aromatic N) is 2. The highest BCUT2D eigenvalue weighted by molar-refractivity contribution is 6.27. The maximum absolute atomic E-state index is 13.6. The topological polar surface area (TPSA) is 59.9 Å². The van der Waals surface area contributed by atoms with Gasteiger partial charge in [0.2, 0.25) is 11.6 Å².